The summed E-state index contributed by atoms with van der Waals surface area (Å²) in [5, 5.41) is 2.36. The van der Waals surface area contributed by atoms with Crippen LogP contribution in [0.3, 0.4) is 0 Å². The van der Waals surface area contributed by atoms with Crippen LogP contribution in [0.25, 0.3) is 11.3 Å². The summed E-state index contributed by atoms with van der Waals surface area (Å²) in [6.45, 7) is 3.84. The van der Waals surface area contributed by atoms with Crippen molar-refractivity contribution in [2.75, 3.05) is 19.6 Å². The molecule has 1 aromatic carbocycles. The number of aromatic nitrogens is 2. The molecule has 0 radical (unpaired) electrons. The van der Waals surface area contributed by atoms with Crippen molar-refractivity contribution in [3.8, 4) is 11.3 Å². The lowest BCUT2D eigenvalue weighted by molar-refractivity contribution is -0.136. The molecule has 1 atom stereocenters. The van der Waals surface area contributed by atoms with E-state index in [1.165, 1.54) is 5.82 Å². The molecule has 1 N–H and O–H groups in total. The topological polar surface area (TPSA) is 87.5 Å². The predicted octanol–water partition coefficient (Wildman–Crippen LogP) is 1.59. The van der Waals surface area contributed by atoms with Gasteiger partial charge in [-0.2, -0.15) is 0 Å². The Morgan fingerprint density at radius 2 is 1.84 bits per heavy atom. The largest absolute Gasteiger partial charge is 0.337 e. The Kier molecular flexibility index (Phi) is 4.30. The van der Waals surface area contributed by atoms with Gasteiger partial charge in [-0.25, -0.2) is 4.98 Å². The molecular weight excluding hydrogens is 406 g/mol. The molecule has 8 heteroatoms. The lowest BCUT2D eigenvalue weighted by Crippen LogP contribution is -2.52. The van der Waals surface area contributed by atoms with Crippen LogP contribution in [0, 0.1) is 0 Å². The van der Waals surface area contributed by atoms with Crippen LogP contribution in [0.2, 0.25) is 0 Å². The molecule has 2 aromatic rings. The van der Waals surface area contributed by atoms with E-state index < -0.39 is 6.04 Å². The number of amides is 3. The standard InChI is InChI=1S/C24H27N5O3/c1-27-14-18(25-23(27)24-6-9-28(10-7-24)11-8-24)15-2-3-17-16(12-15)13-29(22(17)32)19-4-5-20(30)26-21(19)31/h2-3,12,14,19H,4-11,13H2,1H3,(H,26,30,31)/t19-/m1/s1. The molecule has 4 fully saturated rings. The van der Waals surface area contributed by atoms with Crippen LogP contribution in [0.15, 0.2) is 24.4 Å². The average molecular weight is 434 g/mol. The fourth-order valence-corrected chi connectivity index (χ4v) is 5.99. The molecule has 0 spiro atoms. The highest BCUT2D eigenvalue weighted by molar-refractivity contribution is 6.05. The van der Waals surface area contributed by atoms with Gasteiger partial charge in [-0.05, 0) is 63.0 Å². The second-order valence-electron chi connectivity index (χ2n) is 9.70. The molecule has 5 aliphatic rings. The summed E-state index contributed by atoms with van der Waals surface area (Å²) in [7, 11) is 2.09. The fraction of sp³-hybridized carbons (Fsp3) is 0.500. The number of imidazole rings is 1. The van der Waals surface area contributed by atoms with Crippen molar-refractivity contribution in [1.82, 2.24) is 24.7 Å². The minimum absolute atomic E-state index is 0.143. The first-order chi connectivity index (χ1) is 15.4. The zero-order chi connectivity index (χ0) is 22.0. The van der Waals surface area contributed by atoms with Crippen LogP contribution in [-0.2, 0) is 28.6 Å². The van der Waals surface area contributed by atoms with E-state index >= 15 is 0 Å². The molecule has 0 aliphatic carbocycles. The first-order valence-corrected chi connectivity index (χ1v) is 11.5. The zero-order valence-electron chi connectivity index (χ0n) is 18.3. The number of carbonyl (C=O) groups is 3. The smallest absolute Gasteiger partial charge is 0.255 e. The van der Waals surface area contributed by atoms with Crippen molar-refractivity contribution in [3.63, 3.8) is 0 Å². The van der Waals surface area contributed by atoms with E-state index in [-0.39, 0.29) is 29.6 Å². The molecule has 32 heavy (non-hydrogen) atoms. The van der Waals surface area contributed by atoms with Gasteiger partial charge in [0.2, 0.25) is 11.8 Å². The molecule has 8 nitrogen and oxygen atoms in total. The highest BCUT2D eigenvalue weighted by Crippen LogP contribution is 2.43. The maximum Gasteiger partial charge on any atom is 0.255 e. The summed E-state index contributed by atoms with van der Waals surface area (Å²) in [5.74, 6) is 0.380. The van der Waals surface area contributed by atoms with Crippen molar-refractivity contribution in [3.05, 3.63) is 41.3 Å². The van der Waals surface area contributed by atoms with Gasteiger partial charge in [-0.15, -0.1) is 0 Å². The van der Waals surface area contributed by atoms with Gasteiger partial charge in [-0.3, -0.25) is 19.7 Å². The molecule has 166 valence electrons. The van der Waals surface area contributed by atoms with Crippen molar-refractivity contribution in [2.45, 2.75) is 50.1 Å². The fourth-order valence-electron chi connectivity index (χ4n) is 5.99. The molecule has 6 heterocycles. The van der Waals surface area contributed by atoms with E-state index in [1.54, 1.807) is 4.90 Å². The van der Waals surface area contributed by atoms with Crippen molar-refractivity contribution >= 4 is 17.7 Å². The van der Waals surface area contributed by atoms with Gasteiger partial charge in [0.05, 0.1) is 5.69 Å². The summed E-state index contributed by atoms with van der Waals surface area (Å²) in [6.07, 6.45) is 6.23. The second kappa shape index (κ2) is 7.00. The van der Waals surface area contributed by atoms with Gasteiger partial charge in [0.15, 0.2) is 0 Å². The van der Waals surface area contributed by atoms with E-state index in [9.17, 15) is 14.4 Å². The molecule has 3 amide bonds. The number of piperidine rings is 4. The predicted molar refractivity (Wildman–Crippen MR) is 117 cm³/mol. The number of benzene rings is 1. The summed E-state index contributed by atoms with van der Waals surface area (Å²) >= 11 is 0. The van der Waals surface area contributed by atoms with Gasteiger partial charge >= 0.3 is 0 Å². The minimum Gasteiger partial charge on any atom is -0.337 e. The van der Waals surface area contributed by atoms with Crippen molar-refractivity contribution in [1.29, 1.82) is 0 Å². The summed E-state index contributed by atoms with van der Waals surface area (Å²) in [6, 6.07) is 5.25. The lowest BCUT2D eigenvalue weighted by atomic mass is 9.71. The Labute approximate surface area is 186 Å². The third-order valence-corrected chi connectivity index (χ3v) is 7.89. The maximum atomic E-state index is 13.0. The number of nitrogens with zero attached hydrogens (tertiary/aromatic N) is 4. The first kappa shape index (κ1) is 19.7. The van der Waals surface area contributed by atoms with Gasteiger partial charge in [0, 0.05) is 42.8 Å². The molecular formula is C24H27N5O3. The summed E-state index contributed by atoms with van der Waals surface area (Å²) in [4.78, 5) is 45.9. The second-order valence-corrected chi connectivity index (χ2v) is 9.70. The number of hydrogen-bond acceptors (Lipinski definition) is 5. The van der Waals surface area contributed by atoms with Crippen LogP contribution in [-0.4, -0.2) is 62.7 Å². The minimum atomic E-state index is -0.589. The normalized spacial score (nSPS) is 29.4. The number of carbonyl (C=O) groups excluding carboxylic acids is 3. The van der Waals surface area contributed by atoms with E-state index in [2.05, 4.69) is 28.0 Å². The third-order valence-electron chi connectivity index (χ3n) is 7.89. The quantitative estimate of drug-likeness (QED) is 0.743. The number of rotatable bonds is 3. The first-order valence-electron chi connectivity index (χ1n) is 11.5. The average Bonchev–Trinajstić information content (AvgIpc) is 3.35. The summed E-state index contributed by atoms with van der Waals surface area (Å²) < 4.78 is 2.18. The molecule has 0 saturated carbocycles. The molecule has 5 aliphatic heterocycles. The SMILES string of the molecule is Cn1cc(-c2ccc3c(c2)CN([C@@H]2CCC(=O)NC2=O)C3=O)nc1C12CCN(CC1)CC2. The third kappa shape index (κ3) is 2.92. The van der Waals surface area contributed by atoms with Crippen molar-refractivity contribution in [2.24, 2.45) is 7.05 Å². The molecule has 1 aromatic heterocycles. The Balaban J connectivity index is 1.28. The van der Waals surface area contributed by atoms with Gasteiger partial charge in [0.1, 0.15) is 11.9 Å². The van der Waals surface area contributed by atoms with Gasteiger partial charge < -0.3 is 14.4 Å². The Hall–Kier alpha value is -3.00. The number of imide groups is 1. The maximum absolute atomic E-state index is 13.0. The Morgan fingerprint density at radius 1 is 1.09 bits per heavy atom. The Morgan fingerprint density at radius 3 is 2.56 bits per heavy atom. The molecule has 7 rings (SSSR count). The van der Waals surface area contributed by atoms with Crippen LogP contribution >= 0.6 is 0 Å². The molecule has 0 unspecified atom stereocenters. The zero-order valence-corrected chi connectivity index (χ0v) is 18.3. The van der Waals surface area contributed by atoms with Crippen LogP contribution in [0.4, 0.5) is 0 Å². The lowest BCUT2D eigenvalue weighted by Gasteiger charge is -2.47. The number of hydrogen-bond donors (Lipinski definition) is 1. The van der Waals surface area contributed by atoms with Gasteiger partial charge in [0.25, 0.3) is 5.91 Å². The van der Waals surface area contributed by atoms with Crippen LogP contribution in [0.5, 0.6) is 0 Å². The number of aryl methyl sites for hydroxylation is 1. The van der Waals surface area contributed by atoms with E-state index in [0.717, 1.165) is 55.7 Å². The van der Waals surface area contributed by atoms with Crippen molar-refractivity contribution < 1.29 is 14.4 Å². The van der Waals surface area contributed by atoms with E-state index in [4.69, 9.17) is 4.98 Å². The number of nitrogens with one attached hydrogen (secondary N) is 1. The Bertz CT molecular complexity index is 1130. The van der Waals surface area contributed by atoms with E-state index in [1.807, 2.05) is 18.2 Å². The van der Waals surface area contributed by atoms with E-state index in [0.29, 0.717) is 18.5 Å². The highest BCUT2D eigenvalue weighted by atomic mass is 16.2. The van der Waals surface area contributed by atoms with Gasteiger partial charge in [-0.1, -0.05) is 6.07 Å². The number of fused-ring (bicyclic) bond motifs is 4. The van der Waals surface area contributed by atoms with Crippen LogP contribution in [0.1, 0.15) is 53.8 Å². The van der Waals surface area contributed by atoms with Crippen LogP contribution < -0.4 is 5.32 Å². The monoisotopic (exact) mass is 433 g/mol. The summed E-state index contributed by atoms with van der Waals surface area (Å²) in [5.41, 5.74) is 3.64. The molecule has 2 bridgehead atoms. The molecule has 4 saturated heterocycles. The highest BCUT2D eigenvalue weighted by Gasteiger charge is 2.44.